The van der Waals surface area contributed by atoms with Crippen molar-refractivity contribution in [3.8, 4) is 22.4 Å². The van der Waals surface area contributed by atoms with Crippen LogP contribution in [0.25, 0.3) is 22.4 Å². The summed E-state index contributed by atoms with van der Waals surface area (Å²) in [4.78, 5) is 0. The number of nitrogens with two attached hydrogens (primary N) is 1. The number of hydrogen-bond donors (Lipinski definition) is 2. The van der Waals surface area contributed by atoms with Crippen LogP contribution in [0, 0.1) is 8.70 Å². The van der Waals surface area contributed by atoms with Gasteiger partial charge in [0.2, 0.25) is 0 Å². The van der Waals surface area contributed by atoms with Crippen LogP contribution in [-0.2, 0) is 0 Å². The zero-order valence-corrected chi connectivity index (χ0v) is 12.6. The molecule has 0 saturated heterocycles. The maximum Gasteiger partial charge on any atom is 0.153 e. The molecule has 0 amide bonds. The third-order valence-electron chi connectivity index (χ3n) is 2.76. The smallest absolute Gasteiger partial charge is 0.153 e. The zero-order valence-electron chi connectivity index (χ0n) is 9.65. The number of halogens is 2. The van der Waals surface area contributed by atoms with E-state index in [4.69, 9.17) is 5.73 Å². The maximum absolute atomic E-state index is 13.4. The molecule has 0 radical (unpaired) electrons. The fourth-order valence-corrected chi connectivity index (χ4v) is 3.28. The van der Waals surface area contributed by atoms with Crippen molar-refractivity contribution in [2.75, 3.05) is 5.73 Å². The molecular weight excluding hydrogens is 376 g/mol. The Morgan fingerprint density at radius 3 is 2.79 bits per heavy atom. The minimum absolute atomic E-state index is 0.288. The molecule has 3 rings (SSSR count). The van der Waals surface area contributed by atoms with Crippen LogP contribution in [0.2, 0.25) is 0 Å². The van der Waals surface area contributed by atoms with Gasteiger partial charge in [0, 0.05) is 10.9 Å². The first kappa shape index (κ1) is 12.6. The Morgan fingerprint density at radius 2 is 2.11 bits per heavy atom. The molecule has 3 nitrogen and oxygen atoms in total. The number of rotatable bonds is 2. The number of hydrogen-bond acceptors (Lipinski definition) is 3. The van der Waals surface area contributed by atoms with Crippen LogP contribution in [-0.4, -0.2) is 10.2 Å². The summed E-state index contributed by atoms with van der Waals surface area (Å²) in [5.41, 5.74) is 9.21. The van der Waals surface area contributed by atoms with Gasteiger partial charge in [-0.05, 0) is 46.4 Å². The van der Waals surface area contributed by atoms with Crippen molar-refractivity contribution in [1.29, 1.82) is 0 Å². The Balaban J connectivity index is 2.19. The summed E-state index contributed by atoms with van der Waals surface area (Å²) >= 11 is 3.90. The molecule has 1 aromatic carbocycles. The minimum atomic E-state index is -0.288. The lowest BCUT2D eigenvalue weighted by molar-refractivity contribution is 0.628. The van der Waals surface area contributed by atoms with Crippen molar-refractivity contribution in [3.05, 3.63) is 44.4 Å². The van der Waals surface area contributed by atoms with Crippen LogP contribution in [0.3, 0.4) is 0 Å². The molecule has 19 heavy (non-hydrogen) atoms. The predicted molar refractivity (Wildman–Crippen MR) is 84.4 cm³/mol. The summed E-state index contributed by atoms with van der Waals surface area (Å²) in [6, 6.07) is 8.40. The Hall–Kier alpha value is -1.41. The third-order valence-corrected chi connectivity index (χ3v) is 4.55. The lowest BCUT2D eigenvalue weighted by atomic mass is 10.0. The van der Waals surface area contributed by atoms with Gasteiger partial charge in [0.1, 0.15) is 5.82 Å². The topological polar surface area (TPSA) is 54.7 Å². The fraction of sp³-hybridized carbons (Fsp3) is 0. The van der Waals surface area contributed by atoms with E-state index in [1.807, 2.05) is 17.5 Å². The molecule has 0 fully saturated rings. The number of aromatic amines is 1. The van der Waals surface area contributed by atoms with Crippen molar-refractivity contribution in [3.63, 3.8) is 0 Å². The monoisotopic (exact) mass is 385 g/mol. The molecule has 0 saturated carbocycles. The molecule has 2 heterocycles. The van der Waals surface area contributed by atoms with Crippen molar-refractivity contribution >= 4 is 39.7 Å². The van der Waals surface area contributed by atoms with Gasteiger partial charge in [-0.25, -0.2) is 4.39 Å². The summed E-state index contributed by atoms with van der Waals surface area (Å²) in [6.45, 7) is 0. The number of anilines is 1. The Labute approximate surface area is 126 Å². The second-order valence-electron chi connectivity index (χ2n) is 4.01. The standard InChI is InChI=1S/C13H9FIN3S/c14-9-3-1-2-7(4-9)11-12(17-18-13(11)16)8-5-10(15)19-6-8/h1-6H,(H3,16,17,18). The van der Waals surface area contributed by atoms with Gasteiger partial charge in [-0.15, -0.1) is 11.3 Å². The van der Waals surface area contributed by atoms with E-state index in [1.165, 1.54) is 15.0 Å². The zero-order chi connectivity index (χ0) is 13.4. The van der Waals surface area contributed by atoms with Crippen LogP contribution in [0.5, 0.6) is 0 Å². The molecule has 6 heteroatoms. The van der Waals surface area contributed by atoms with Crippen LogP contribution in [0.1, 0.15) is 0 Å². The van der Waals surface area contributed by atoms with Crippen molar-refractivity contribution in [1.82, 2.24) is 10.2 Å². The van der Waals surface area contributed by atoms with E-state index in [9.17, 15) is 4.39 Å². The summed E-state index contributed by atoms with van der Waals surface area (Å²) in [5.74, 6) is 0.0887. The summed E-state index contributed by atoms with van der Waals surface area (Å²) in [5, 5.41) is 8.99. The Morgan fingerprint density at radius 1 is 1.26 bits per heavy atom. The van der Waals surface area contributed by atoms with E-state index in [2.05, 4.69) is 32.8 Å². The highest BCUT2D eigenvalue weighted by molar-refractivity contribution is 14.1. The van der Waals surface area contributed by atoms with Gasteiger partial charge in [0.05, 0.1) is 14.1 Å². The normalized spacial score (nSPS) is 10.8. The summed E-state index contributed by atoms with van der Waals surface area (Å²) < 4.78 is 14.5. The Bertz CT molecular complexity index is 735. The van der Waals surface area contributed by atoms with Gasteiger partial charge in [-0.1, -0.05) is 12.1 Å². The van der Waals surface area contributed by atoms with Gasteiger partial charge < -0.3 is 5.73 Å². The first-order valence-corrected chi connectivity index (χ1v) is 7.45. The molecule has 0 aliphatic heterocycles. The molecule has 3 N–H and O–H groups in total. The van der Waals surface area contributed by atoms with Crippen LogP contribution in [0.4, 0.5) is 10.2 Å². The van der Waals surface area contributed by atoms with E-state index >= 15 is 0 Å². The average Bonchev–Trinajstić information content (AvgIpc) is 2.95. The molecule has 0 spiro atoms. The van der Waals surface area contributed by atoms with Gasteiger partial charge in [0.25, 0.3) is 0 Å². The molecule has 0 aliphatic rings. The van der Waals surface area contributed by atoms with Crippen LogP contribution < -0.4 is 5.73 Å². The first-order valence-electron chi connectivity index (χ1n) is 5.49. The lowest BCUT2D eigenvalue weighted by Crippen LogP contribution is -1.89. The van der Waals surface area contributed by atoms with Gasteiger partial charge in [0.15, 0.2) is 5.82 Å². The SMILES string of the molecule is Nc1n[nH]c(-c2csc(I)c2)c1-c1cccc(F)c1. The van der Waals surface area contributed by atoms with E-state index in [-0.39, 0.29) is 5.82 Å². The van der Waals surface area contributed by atoms with E-state index < -0.39 is 0 Å². The maximum atomic E-state index is 13.4. The fourth-order valence-electron chi connectivity index (χ4n) is 1.94. The second-order valence-corrected chi connectivity index (χ2v) is 6.81. The lowest BCUT2D eigenvalue weighted by Gasteiger charge is -2.03. The molecule has 0 bridgehead atoms. The molecule has 0 aliphatic carbocycles. The summed E-state index contributed by atoms with van der Waals surface area (Å²) in [7, 11) is 0. The number of benzene rings is 1. The number of aromatic nitrogens is 2. The number of thiophene rings is 1. The van der Waals surface area contributed by atoms with E-state index in [0.717, 1.165) is 22.4 Å². The van der Waals surface area contributed by atoms with Crippen LogP contribution in [0.15, 0.2) is 35.7 Å². The minimum Gasteiger partial charge on any atom is -0.382 e. The van der Waals surface area contributed by atoms with Gasteiger partial charge in [-0.2, -0.15) is 5.10 Å². The van der Waals surface area contributed by atoms with Crippen molar-refractivity contribution in [2.45, 2.75) is 0 Å². The number of H-pyrrole nitrogens is 1. The third kappa shape index (κ3) is 2.37. The predicted octanol–water partition coefficient (Wildman–Crippen LogP) is 4.13. The largest absolute Gasteiger partial charge is 0.382 e. The number of nitrogen functional groups attached to an aromatic ring is 1. The highest BCUT2D eigenvalue weighted by Crippen LogP contribution is 2.36. The molecule has 2 aromatic heterocycles. The van der Waals surface area contributed by atoms with Crippen LogP contribution >= 0.6 is 33.9 Å². The summed E-state index contributed by atoms with van der Waals surface area (Å²) in [6.07, 6.45) is 0. The molecular formula is C13H9FIN3S. The van der Waals surface area contributed by atoms with Gasteiger partial charge in [-0.3, -0.25) is 5.10 Å². The number of nitrogens with zero attached hydrogens (tertiary/aromatic N) is 1. The molecule has 0 unspecified atom stereocenters. The highest BCUT2D eigenvalue weighted by Gasteiger charge is 2.16. The van der Waals surface area contributed by atoms with Crippen molar-refractivity contribution in [2.24, 2.45) is 0 Å². The van der Waals surface area contributed by atoms with E-state index in [1.54, 1.807) is 17.4 Å². The average molecular weight is 385 g/mol. The molecule has 3 aromatic rings. The molecule has 96 valence electrons. The van der Waals surface area contributed by atoms with Gasteiger partial charge >= 0.3 is 0 Å². The van der Waals surface area contributed by atoms with Crippen molar-refractivity contribution < 1.29 is 4.39 Å². The highest BCUT2D eigenvalue weighted by atomic mass is 127. The van der Waals surface area contributed by atoms with E-state index in [0.29, 0.717) is 5.82 Å². The second kappa shape index (κ2) is 4.93. The first-order chi connectivity index (χ1) is 9.15. The number of nitrogens with one attached hydrogen (secondary N) is 1. The quantitative estimate of drug-likeness (QED) is 0.652. The Kier molecular flexibility index (Phi) is 3.28. The molecule has 0 atom stereocenters.